The second kappa shape index (κ2) is 10.6. The maximum atomic E-state index is 15.2. The summed E-state index contributed by atoms with van der Waals surface area (Å²) in [5.41, 5.74) is 17.6. The topological polar surface area (TPSA) is 38.5 Å². The van der Waals surface area contributed by atoms with Crippen molar-refractivity contribution >= 4 is 60.4 Å². The van der Waals surface area contributed by atoms with Gasteiger partial charge in [0, 0.05) is 44.5 Å². The number of nitrogens with zero attached hydrogens (tertiary/aromatic N) is 1. The molecule has 3 heteroatoms. The van der Waals surface area contributed by atoms with Crippen molar-refractivity contribution in [2.75, 3.05) is 0 Å². The van der Waals surface area contributed by atoms with Crippen LogP contribution in [0.5, 0.6) is 0 Å². The highest BCUT2D eigenvalue weighted by Gasteiger charge is 2.45. The minimum atomic E-state index is -0.355. The van der Waals surface area contributed by atoms with Crippen LogP contribution in [0.25, 0.3) is 48.9 Å². The van der Waals surface area contributed by atoms with Crippen LogP contribution in [0.15, 0.2) is 146 Å². The van der Waals surface area contributed by atoms with Gasteiger partial charge >= 0.3 is 0 Å². The molecule has 0 amide bonds. The average Bonchev–Trinajstić information content (AvgIpc) is 3.61. The van der Waals surface area contributed by atoms with E-state index in [0.717, 1.165) is 71.8 Å². The summed E-state index contributed by atoms with van der Waals surface area (Å²) in [4.78, 5) is 30.4. The van der Waals surface area contributed by atoms with Gasteiger partial charge in [-0.05, 0) is 108 Å². The van der Waals surface area contributed by atoms with E-state index in [2.05, 4.69) is 171 Å². The van der Waals surface area contributed by atoms with Crippen LogP contribution >= 0.6 is 0 Å². The molecule has 0 saturated carbocycles. The molecule has 0 fully saturated rings. The quantitative estimate of drug-likeness (QED) is 0.155. The molecule has 0 atom stereocenters. The van der Waals surface area contributed by atoms with Crippen molar-refractivity contribution in [2.45, 2.75) is 49.9 Å². The van der Waals surface area contributed by atoms with Crippen LogP contribution in [-0.4, -0.2) is 16.0 Å². The van der Waals surface area contributed by atoms with Crippen LogP contribution in [0.4, 0.5) is 0 Å². The monoisotopic (exact) mass is 755 g/mol. The number of carbonyl (C=O) groups excluding carboxylic acids is 2. The molecule has 0 spiro atoms. The van der Waals surface area contributed by atoms with Gasteiger partial charge in [-0.25, -0.2) is 0 Å². The highest BCUT2D eigenvalue weighted by molar-refractivity contribution is 6.32. The summed E-state index contributed by atoms with van der Waals surface area (Å²) in [6, 6.07) is 52.8. The SMILES string of the molecule is CC(C)(C)c1ccc2c(c1)cc1c3cc4c(cc3n3c5cc6c(cc5c2c13)C1c2ccccc2C(C6=O)c2ccccc21)C(=O)C1c2ccccc2C4c2ccccc21. The standard InChI is InChI=1S/C56H37NO2/c1-56(2,3)29-20-21-30-28(22-29)23-42-39-24-40-43(54(58)51-35-16-8-4-12-31(35)48(40)32-13-5-9-17-36(32)51)26-46(39)57-47-27-44-41(25-45(47)50(30)53(42)57)49-33-14-6-10-18-37(33)52(55(44)59)38-19-11-7-15-34(38)49/h4-27,48-49,51-52H,1-3H3. The molecular weight excluding hydrogens is 719 g/mol. The van der Waals surface area contributed by atoms with Crippen LogP contribution in [0.1, 0.15) is 126 Å². The van der Waals surface area contributed by atoms with E-state index in [4.69, 9.17) is 0 Å². The lowest BCUT2D eigenvalue weighted by Crippen LogP contribution is -2.19. The zero-order chi connectivity index (χ0) is 39.2. The number of fused-ring (bicyclic) bond motifs is 8. The number of ketones is 2. The summed E-state index contributed by atoms with van der Waals surface area (Å²) < 4.78 is 2.40. The molecule has 59 heavy (non-hydrogen) atoms. The third-order valence-electron chi connectivity index (χ3n) is 14.7. The molecule has 16 rings (SSSR count). The Kier molecular flexibility index (Phi) is 5.78. The van der Waals surface area contributed by atoms with Crippen molar-refractivity contribution in [3.05, 3.63) is 218 Å². The molecule has 10 aromatic rings. The Hall–Kier alpha value is -6.84. The first-order valence-electron chi connectivity index (χ1n) is 21.0. The molecule has 278 valence electrons. The summed E-state index contributed by atoms with van der Waals surface area (Å²) in [7, 11) is 0. The van der Waals surface area contributed by atoms with Crippen LogP contribution < -0.4 is 0 Å². The fraction of sp³-hybridized carbons (Fsp3) is 0.143. The molecule has 2 heterocycles. The van der Waals surface area contributed by atoms with Crippen molar-refractivity contribution < 1.29 is 9.59 Å². The van der Waals surface area contributed by atoms with Crippen molar-refractivity contribution in [3.63, 3.8) is 0 Å². The molecule has 6 aliphatic rings. The molecule has 0 saturated heterocycles. The van der Waals surface area contributed by atoms with E-state index in [1.165, 1.54) is 49.4 Å². The van der Waals surface area contributed by atoms with Crippen molar-refractivity contribution in [1.82, 2.24) is 4.40 Å². The number of rotatable bonds is 0. The van der Waals surface area contributed by atoms with Crippen LogP contribution in [0.2, 0.25) is 0 Å². The fourth-order valence-corrected chi connectivity index (χ4v) is 12.2. The number of Topliss-reactive ketones (excluding diaryl/α,β-unsaturated/α-hetero) is 2. The van der Waals surface area contributed by atoms with E-state index >= 15 is 9.59 Å². The average molecular weight is 756 g/mol. The number of carbonyl (C=O) groups is 2. The summed E-state index contributed by atoms with van der Waals surface area (Å²) in [6.07, 6.45) is 0. The zero-order valence-electron chi connectivity index (χ0n) is 32.9. The van der Waals surface area contributed by atoms with Crippen molar-refractivity contribution in [2.24, 2.45) is 0 Å². The lowest BCUT2D eigenvalue weighted by atomic mass is 9.72. The third-order valence-corrected chi connectivity index (χ3v) is 14.7. The predicted octanol–water partition coefficient (Wildman–Crippen LogP) is 12.9. The molecule has 8 aromatic carbocycles. The van der Waals surface area contributed by atoms with E-state index in [-0.39, 0.29) is 40.7 Å². The minimum Gasteiger partial charge on any atom is -0.308 e. The largest absolute Gasteiger partial charge is 0.308 e. The molecule has 4 bridgehead atoms. The second-order valence-corrected chi connectivity index (χ2v) is 18.6. The highest BCUT2D eigenvalue weighted by Crippen LogP contribution is 2.56. The summed E-state index contributed by atoms with van der Waals surface area (Å²) in [6.45, 7) is 6.83. The first-order valence-corrected chi connectivity index (χ1v) is 21.0. The lowest BCUT2D eigenvalue weighted by Gasteiger charge is -2.30. The van der Waals surface area contributed by atoms with Crippen LogP contribution in [0.3, 0.4) is 0 Å². The van der Waals surface area contributed by atoms with Gasteiger partial charge in [0.1, 0.15) is 0 Å². The maximum absolute atomic E-state index is 15.2. The Morgan fingerprint density at radius 2 is 0.831 bits per heavy atom. The molecule has 2 aromatic heterocycles. The highest BCUT2D eigenvalue weighted by atomic mass is 16.1. The van der Waals surface area contributed by atoms with E-state index in [1.807, 2.05) is 0 Å². The Morgan fingerprint density at radius 1 is 0.407 bits per heavy atom. The predicted molar refractivity (Wildman–Crippen MR) is 237 cm³/mol. The smallest absolute Gasteiger partial charge is 0.175 e. The summed E-state index contributed by atoms with van der Waals surface area (Å²) in [5, 5.41) is 7.09. The van der Waals surface area contributed by atoms with Gasteiger partial charge in [-0.3, -0.25) is 9.59 Å². The van der Waals surface area contributed by atoms with Gasteiger partial charge in [-0.15, -0.1) is 0 Å². The molecule has 0 unspecified atom stereocenters. The Balaban J connectivity index is 1.14. The van der Waals surface area contributed by atoms with Crippen LogP contribution in [-0.2, 0) is 5.41 Å². The Labute approximate surface area is 340 Å². The van der Waals surface area contributed by atoms with Crippen molar-refractivity contribution in [3.8, 4) is 0 Å². The lowest BCUT2D eigenvalue weighted by molar-refractivity contribution is 0.0966. The summed E-state index contributed by atoms with van der Waals surface area (Å²) in [5.74, 6) is -0.491. The van der Waals surface area contributed by atoms with E-state index in [9.17, 15) is 0 Å². The molecule has 0 aliphatic heterocycles. The molecular formula is C56H37NO2. The second-order valence-electron chi connectivity index (χ2n) is 18.6. The molecule has 3 nitrogen and oxygen atoms in total. The van der Waals surface area contributed by atoms with Gasteiger partial charge in [0.25, 0.3) is 0 Å². The number of aromatic nitrogens is 1. The summed E-state index contributed by atoms with van der Waals surface area (Å²) >= 11 is 0. The van der Waals surface area contributed by atoms with Crippen LogP contribution in [0, 0.1) is 0 Å². The van der Waals surface area contributed by atoms with E-state index in [1.54, 1.807) is 0 Å². The van der Waals surface area contributed by atoms with Crippen molar-refractivity contribution in [1.29, 1.82) is 0 Å². The number of hydrogen-bond donors (Lipinski definition) is 0. The van der Waals surface area contributed by atoms with Gasteiger partial charge in [0.15, 0.2) is 11.6 Å². The first-order chi connectivity index (χ1) is 28.8. The zero-order valence-corrected chi connectivity index (χ0v) is 32.9. The maximum Gasteiger partial charge on any atom is 0.175 e. The third kappa shape index (κ3) is 3.81. The van der Waals surface area contributed by atoms with Gasteiger partial charge in [0.05, 0.1) is 28.4 Å². The normalized spacial score (nSPS) is 19.8. The molecule has 6 aliphatic carbocycles. The Bertz CT molecular complexity index is 3520. The van der Waals surface area contributed by atoms with Gasteiger partial charge in [-0.2, -0.15) is 0 Å². The first kappa shape index (κ1) is 32.2. The van der Waals surface area contributed by atoms with Gasteiger partial charge in [0.2, 0.25) is 0 Å². The Morgan fingerprint density at radius 3 is 1.29 bits per heavy atom. The van der Waals surface area contributed by atoms with Gasteiger partial charge < -0.3 is 4.40 Å². The number of benzene rings is 8. The van der Waals surface area contributed by atoms with E-state index in [0.29, 0.717) is 0 Å². The van der Waals surface area contributed by atoms with E-state index < -0.39 is 0 Å². The number of hydrogen-bond acceptors (Lipinski definition) is 2. The minimum absolute atomic E-state index is 0.0235. The molecule has 0 radical (unpaired) electrons. The fourth-order valence-electron chi connectivity index (χ4n) is 12.2. The molecule has 0 N–H and O–H groups in total. The van der Waals surface area contributed by atoms with Gasteiger partial charge in [-0.1, -0.05) is 136 Å².